The van der Waals surface area contributed by atoms with E-state index in [1.54, 1.807) is 29.2 Å². The van der Waals surface area contributed by atoms with Crippen LogP contribution in [0.15, 0.2) is 78.9 Å². The van der Waals surface area contributed by atoms with Gasteiger partial charge in [0.1, 0.15) is 12.4 Å². The number of benzene rings is 3. The molecule has 0 atom stereocenters. The van der Waals surface area contributed by atoms with Crippen molar-refractivity contribution in [1.82, 2.24) is 4.98 Å². The fraction of sp³-hybridized carbons (Fsp3) is 0.148. The lowest BCUT2D eigenvalue weighted by Gasteiger charge is -2.30. The van der Waals surface area contributed by atoms with Crippen molar-refractivity contribution in [3.05, 3.63) is 101 Å². The monoisotopic (exact) mass is 438 g/mol. The molecule has 2 heterocycles. The summed E-state index contributed by atoms with van der Waals surface area (Å²) in [5, 5.41) is 10.6. The largest absolute Gasteiger partial charge is 0.487 e. The van der Waals surface area contributed by atoms with Crippen molar-refractivity contribution < 1.29 is 19.4 Å². The second-order valence-electron chi connectivity index (χ2n) is 8.02. The van der Waals surface area contributed by atoms with Crippen LogP contribution in [-0.4, -0.2) is 22.0 Å². The highest BCUT2D eigenvalue weighted by Crippen LogP contribution is 2.33. The minimum Gasteiger partial charge on any atom is -0.487 e. The van der Waals surface area contributed by atoms with Gasteiger partial charge in [0, 0.05) is 17.5 Å². The van der Waals surface area contributed by atoms with E-state index in [9.17, 15) is 14.7 Å². The molecule has 1 N–H and O–H groups in total. The average molecular weight is 438 g/mol. The number of carbonyl (C=O) groups excluding carboxylic acids is 1. The molecule has 1 aromatic heterocycles. The van der Waals surface area contributed by atoms with Crippen LogP contribution in [0, 0.1) is 0 Å². The summed E-state index contributed by atoms with van der Waals surface area (Å²) in [5.74, 6) is -0.304. The summed E-state index contributed by atoms with van der Waals surface area (Å²) >= 11 is 0. The van der Waals surface area contributed by atoms with Gasteiger partial charge in [0.15, 0.2) is 0 Å². The van der Waals surface area contributed by atoms with Crippen molar-refractivity contribution in [2.24, 2.45) is 0 Å². The van der Waals surface area contributed by atoms with E-state index in [1.807, 2.05) is 54.6 Å². The van der Waals surface area contributed by atoms with Crippen LogP contribution in [-0.2, 0) is 24.4 Å². The van der Waals surface area contributed by atoms with Crippen molar-refractivity contribution >= 4 is 28.5 Å². The Morgan fingerprint density at radius 3 is 2.67 bits per heavy atom. The van der Waals surface area contributed by atoms with E-state index in [0.29, 0.717) is 30.8 Å². The van der Waals surface area contributed by atoms with Gasteiger partial charge in [0.2, 0.25) is 5.91 Å². The van der Waals surface area contributed by atoms with E-state index in [-0.39, 0.29) is 18.0 Å². The van der Waals surface area contributed by atoms with E-state index in [0.717, 1.165) is 27.8 Å². The molecule has 33 heavy (non-hydrogen) atoms. The Morgan fingerprint density at radius 1 is 0.970 bits per heavy atom. The van der Waals surface area contributed by atoms with Crippen LogP contribution >= 0.6 is 0 Å². The number of anilines is 1. The molecule has 164 valence electrons. The van der Waals surface area contributed by atoms with Crippen LogP contribution in [0.3, 0.4) is 0 Å². The molecule has 0 unspecified atom stereocenters. The third kappa shape index (κ3) is 4.28. The number of rotatable bonds is 6. The van der Waals surface area contributed by atoms with Gasteiger partial charge >= 0.3 is 5.97 Å². The number of aryl methyl sites for hydroxylation is 1. The van der Waals surface area contributed by atoms with Gasteiger partial charge < -0.3 is 14.7 Å². The number of para-hydroxylation sites is 1. The second-order valence-corrected chi connectivity index (χ2v) is 8.02. The zero-order chi connectivity index (χ0) is 22.8. The van der Waals surface area contributed by atoms with E-state index >= 15 is 0 Å². The summed E-state index contributed by atoms with van der Waals surface area (Å²) in [6.07, 6.45) is 0.995. The predicted octanol–water partition coefficient (Wildman–Crippen LogP) is 4.99. The minimum atomic E-state index is -0.999. The molecule has 6 nitrogen and oxygen atoms in total. The molecule has 0 radical (unpaired) electrons. The number of nitrogens with zero attached hydrogens (tertiary/aromatic N) is 2. The maximum absolute atomic E-state index is 12.7. The number of hydrogen-bond acceptors (Lipinski definition) is 4. The first kappa shape index (κ1) is 20.7. The van der Waals surface area contributed by atoms with Crippen LogP contribution < -0.4 is 9.64 Å². The lowest BCUT2D eigenvalue weighted by atomic mass is 9.99. The van der Waals surface area contributed by atoms with E-state index < -0.39 is 5.97 Å². The number of hydrogen-bond donors (Lipinski definition) is 1. The fourth-order valence-electron chi connectivity index (χ4n) is 4.18. The summed E-state index contributed by atoms with van der Waals surface area (Å²) in [4.78, 5) is 30.6. The van der Waals surface area contributed by atoms with Crippen LogP contribution in [0.25, 0.3) is 10.9 Å². The summed E-state index contributed by atoms with van der Waals surface area (Å²) < 4.78 is 5.99. The molecule has 1 aliphatic rings. The molecule has 0 fully saturated rings. The van der Waals surface area contributed by atoms with E-state index in [4.69, 9.17) is 4.74 Å². The highest BCUT2D eigenvalue weighted by molar-refractivity contribution is 5.97. The first-order valence-corrected chi connectivity index (χ1v) is 10.8. The van der Waals surface area contributed by atoms with Gasteiger partial charge in [-0.05, 0) is 53.9 Å². The lowest BCUT2D eigenvalue weighted by molar-refractivity contribution is -0.119. The summed E-state index contributed by atoms with van der Waals surface area (Å²) in [6, 6.07) is 24.4. The van der Waals surface area contributed by atoms with Gasteiger partial charge in [-0.2, -0.15) is 0 Å². The van der Waals surface area contributed by atoms with Crippen LogP contribution in [0.1, 0.15) is 33.6 Å². The van der Waals surface area contributed by atoms with Gasteiger partial charge in [-0.15, -0.1) is 0 Å². The van der Waals surface area contributed by atoms with Crippen LogP contribution in [0.2, 0.25) is 0 Å². The van der Waals surface area contributed by atoms with Gasteiger partial charge in [0.05, 0.1) is 23.3 Å². The van der Waals surface area contributed by atoms with Crippen molar-refractivity contribution in [2.45, 2.75) is 26.0 Å². The van der Waals surface area contributed by atoms with Crippen molar-refractivity contribution in [2.75, 3.05) is 4.90 Å². The van der Waals surface area contributed by atoms with E-state index in [1.165, 1.54) is 0 Å². The van der Waals surface area contributed by atoms with Crippen molar-refractivity contribution in [3.63, 3.8) is 0 Å². The molecule has 0 bridgehead atoms. The quantitative estimate of drug-likeness (QED) is 0.459. The Bertz CT molecular complexity index is 1370. The Balaban J connectivity index is 1.35. The third-order valence-corrected chi connectivity index (χ3v) is 5.87. The summed E-state index contributed by atoms with van der Waals surface area (Å²) in [7, 11) is 0. The summed E-state index contributed by atoms with van der Waals surface area (Å²) in [5.41, 5.74) is 4.39. The SMILES string of the molecule is O=C(O)c1ccccc1CN1C(=O)CCc2cc(OCc3ccc4ccccc4n3)ccc21. The number of amides is 1. The topological polar surface area (TPSA) is 79.7 Å². The highest BCUT2D eigenvalue weighted by Gasteiger charge is 2.26. The predicted molar refractivity (Wildman–Crippen MR) is 125 cm³/mol. The Hall–Kier alpha value is -4.19. The zero-order valence-corrected chi connectivity index (χ0v) is 17.9. The molecule has 5 rings (SSSR count). The number of carboxylic acids is 1. The van der Waals surface area contributed by atoms with Gasteiger partial charge in [-0.3, -0.25) is 4.79 Å². The number of carbonyl (C=O) groups is 2. The second kappa shape index (κ2) is 8.74. The lowest BCUT2D eigenvalue weighted by Crippen LogP contribution is -2.35. The Kier molecular flexibility index (Phi) is 5.48. The molecule has 0 saturated heterocycles. The number of aromatic nitrogens is 1. The standard InChI is InChI=1S/C27H22N2O4/c30-26-14-10-19-15-22(33-17-21-11-9-18-5-2-4-8-24(18)28-21)12-13-25(19)29(26)16-20-6-1-3-7-23(20)27(31)32/h1-9,11-13,15H,10,14,16-17H2,(H,31,32). The third-order valence-electron chi connectivity index (χ3n) is 5.87. The molecule has 4 aromatic rings. The van der Waals surface area contributed by atoms with Crippen LogP contribution in [0.4, 0.5) is 5.69 Å². The molecule has 1 aliphatic heterocycles. The molecule has 0 aliphatic carbocycles. The first-order chi connectivity index (χ1) is 16.1. The maximum atomic E-state index is 12.7. The normalized spacial score (nSPS) is 13.1. The highest BCUT2D eigenvalue weighted by atomic mass is 16.5. The number of carboxylic acid groups (broad SMARTS) is 1. The minimum absolute atomic E-state index is 0.0169. The zero-order valence-electron chi connectivity index (χ0n) is 17.9. The van der Waals surface area contributed by atoms with Gasteiger partial charge in [-0.25, -0.2) is 9.78 Å². The Labute approximate surface area is 191 Å². The van der Waals surface area contributed by atoms with Crippen molar-refractivity contribution in [3.8, 4) is 5.75 Å². The maximum Gasteiger partial charge on any atom is 0.336 e. The van der Waals surface area contributed by atoms with E-state index in [2.05, 4.69) is 4.98 Å². The molecular weight excluding hydrogens is 416 g/mol. The van der Waals surface area contributed by atoms with Gasteiger partial charge in [0.25, 0.3) is 0 Å². The Morgan fingerprint density at radius 2 is 1.79 bits per heavy atom. The molecule has 0 saturated carbocycles. The number of fused-ring (bicyclic) bond motifs is 2. The first-order valence-electron chi connectivity index (χ1n) is 10.8. The number of pyridine rings is 1. The summed E-state index contributed by atoms with van der Waals surface area (Å²) in [6.45, 7) is 0.563. The molecular formula is C27H22N2O4. The average Bonchev–Trinajstić information content (AvgIpc) is 2.84. The number of ether oxygens (including phenoxy) is 1. The molecule has 3 aromatic carbocycles. The smallest absolute Gasteiger partial charge is 0.336 e. The molecule has 0 spiro atoms. The molecule has 1 amide bonds. The fourth-order valence-corrected chi connectivity index (χ4v) is 4.18. The van der Waals surface area contributed by atoms with Gasteiger partial charge in [-0.1, -0.05) is 42.5 Å². The molecule has 6 heteroatoms. The number of aromatic carboxylic acids is 1. The van der Waals surface area contributed by atoms with Crippen molar-refractivity contribution in [1.29, 1.82) is 0 Å². The van der Waals surface area contributed by atoms with Crippen LogP contribution in [0.5, 0.6) is 5.75 Å².